The lowest BCUT2D eigenvalue weighted by Crippen LogP contribution is -1.98. The summed E-state index contributed by atoms with van der Waals surface area (Å²) in [4.78, 5) is 13.4. The molecule has 0 aliphatic rings. The van der Waals surface area contributed by atoms with Gasteiger partial charge in [0.15, 0.2) is 0 Å². The Morgan fingerprint density at radius 1 is 1.77 bits per heavy atom. The van der Waals surface area contributed by atoms with Gasteiger partial charge in [0.2, 0.25) is 0 Å². The average molecular weight is 178 g/mol. The topological polar surface area (TPSA) is 91.8 Å². The molecule has 6 heteroatoms. The lowest BCUT2D eigenvalue weighted by atomic mass is 10.2. The van der Waals surface area contributed by atoms with Gasteiger partial charge in [0.25, 0.3) is 5.69 Å². The number of hydrogen-bond acceptors (Lipinski definition) is 5. The summed E-state index contributed by atoms with van der Waals surface area (Å²) in [5.74, 6) is 0.341. The molecule has 1 aromatic heterocycles. The second-order valence-electron chi connectivity index (χ2n) is 2.21. The van der Waals surface area contributed by atoms with Crippen molar-refractivity contribution >= 4 is 11.5 Å². The Kier molecular flexibility index (Phi) is 2.40. The predicted molar refractivity (Wildman–Crippen MR) is 45.2 cm³/mol. The van der Waals surface area contributed by atoms with E-state index in [1.807, 2.05) is 6.07 Å². The van der Waals surface area contributed by atoms with Crippen molar-refractivity contribution in [1.29, 1.82) is 5.26 Å². The molecule has 0 aliphatic carbocycles. The van der Waals surface area contributed by atoms with Crippen LogP contribution in [0.5, 0.6) is 0 Å². The summed E-state index contributed by atoms with van der Waals surface area (Å²) in [6.45, 7) is 0. The summed E-state index contributed by atoms with van der Waals surface area (Å²) in [5, 5.41) is 21.6. The highest BCUT2D eigenvalue weighted by Gasteiger charge is 2.10. The van der Waals surface area contributed by atoms with E-state index in [1.54, 1.807) is 7.05 Å². The van der Waals surface area contributed by atoms with Gasteiger partial charge in [-0.05, 0) is 0 Å². The van der Waals surface area contributed by atoms with Gasteiger partial charge in [0.1, 0.15) is 23.6 Å². The summed E-state index contributed by atoms with van der Waals surface area (Å²) < 4.78 is 0. The first kappa shape index (κ1) is 8.93. The smallest absolute Gasteiger partial charge is 0.289 e. The van der Waals surface area contributed by atoms with Crippen molar-refractivity contribution in [2.75, 3.05) is 12.4 Å². The molecule has 0 fully saturated rings. The minimum absolute atomic E-state index is 0.164. The Bertz CT molecular complexity index is 383. The molecule has 1 rings (SSSR count). The van der Waals surface area contributed by atoms with E-state index < -0.39 is 4.92 Å². The number of nitrogens with zero attached hydrogens (tertiary/aromatic N) is 3. The van der Waals surface area contributed by atoms with E-state index in [2.05, 4.69) is 10.3 Å². The first-order valence-electron chi connectivity index (χ1n) is 3.41. The number of nitriles is 1. The van der Waals surface area contributed by atoms with E-state index in [0.29, 0.717) is 5.82 Å². The van der Waals surface area contributed by atoms with Gasteiger partial charge in [-0.2, -0.15) is 5.26 Å². The van der Waals surface area contributed by atoms with Crippen molar-refractivity contribution in [2.24, 2.45) is 0 Å². The fraction of sp³-hybridized carbons (Fsp3) is 0.143. The van der Waals surface area contributed by atoms with E-state index in [-0.39, 0.29) is 11.3 Å². The molecule has 0 unspecified atom stereocenters. The minimum Gasteiger partial charge on any atom is -0.372 e. The number of nitrogens with one attached hydrogen (secondary N) is 1. The van der Waals surface area contributed by atoms with Crippen molar-refractivity contribution in [1.82, 2.24) is 4.98 Å². The Hall–Kier alpha value is -2.16. The molecule has 0 amide bonds. The van der Waals surface area contributed by atoms with E-state index in [4.69, 9.17) is 5.26 Å². The zero-order chi connectivity index (χ0) is 9.84. The second kappa shape index (κ2) is 3.49. The van der Waals surface area contributed by atoms with Crippen LogP contribution in [0.4, 0.5) is 11.5 Å². The van der Waals surface area contributed by atoms with Crippen LogP contribution in [0, 0.1) is 21.4 Å². The first-order valence-corrected chi connectivity index (χ1v) is 3.41. The molecular formula is C7H6N4O2. The molecule has 0 radical (unpaired) electrons. The predicted octanol–water partition coefficient (Wildman–Crippen LogP) is 0.903. The lowest BCUT2D eigenvalue weighted by Gasteiger charge is -1.99. The molecule has 0 aliphatic heterocycles. The Morgan fingerprint density at radius 3 is 2.92 bits per heavy atom. The SMILES string of the molecule is CNc1ncc([N+](=O)[O-])cc1C#N. The maximum Gasteiger partial charge on any atom is 0.289 e. The summed E-state index contributed by atoms with van der Waals surface area (Å²) in [6, 6.07) is 2.99. The highest BCUT2D eigenvalue weighted by atomic mass is 16.6. The summed E-state index contributed by atoms with van der Waals surface area (Å²) in [7, 11) is 1.59. The molecule has 13 heavy (non-hydrogen) atoms. The average Bonchev–Trinajstić information content (AvgIpc) is 2.16. The van der Waals surface area contributed by atoms with Crippen molar-refractivity contribution in [2.45, 2.75) is 0 Å². The van der Waals surface area contributed by atoms with Gasteiger partial charge in [-0.1, -0.05) is 0 Å². The summed E-state index contributed by atoms with van der Waals surface area (Å²) >= 11 is 0. The lowest BCUT2D eigenvalue weighted by molar-refractivity contribution is -0.385. The highest BCUT2D eigenvalue weighted by Crippen LogP contribution is 2.17. The van der Waals surface area contributed by atoms with Gasteiger partial charge in [-0.25, -0.2) is 4.98 Å². The van der Waals surface area contributed by atoms with Crippen LogP contribution in [-0.4, -0.2) is 17.0 Å². The number of hydrogen-bond donors (Lipinski definition) is 1. The molecule has 66 valence electrons. The third kappa shape index (κ3) is 1.70. The second-order valence-corrected chi connectivity index (χ2v) is 2.21. The van der Waals surface area contributed by atoms with Crippen LogP contribution in [0.15, 0.2) is 12.3 Å². The van der Waals surface area contributed by atoms with Crippen LogP contribution in [0.2, 0.25) is 0 Å². The Labute approximate surface area is 74.0 Å². The quantitative estimate of drug-likeness (QED) is 0.536. The van der Waals surface area contributed by atoms with Crippen LogP contribution >= 0.6 is 0 Å². The normalized spacial score (nSPS) is 8.92. The molecule has 0 atom stereocenters. The van der Waals surface area contributed by atoms with Crippen molar-refractivity contribution < 1.29 is 4.92 Å². The first-order chi connectivity index (χ1) is 6.19. The van der Waals surface area contributed by atoms with Gasteiger partial charge in [0, 0.05) is 13.1 Å². The molecular weight excluding hydrogens is 172 g/mol. The fourth-order valence-electron chi connectivity index (χ4n) is 0.838. The van der Waals surface area contributed by atoms with Crippen LogP contribution in [-0.2, 0) is 0 Å². The van der Waals surface area contributed by atoms with E-state index in [0.717, 1.165) is 6.20 Å². The zero-order valence-electron chi connectivity index (χ0n) is 6.81. The zero-order valence-corrected chi connectivity index (χ0v) is 6.81. The fourth-order valence-corrected chi connectivity index (χ4v) is 0.838. The van der Waals surface area contributed by atoms with Crippen LogP contribution in [0.25, 0.3) is 0 Å². The van der Waals surface area contributed by atoms with Crippen LogP contribution in [0.3, 0.4) is 0 Å². The van der Waals surface area contributed by atoms with Gasteiger partial charge in [-0.15, -0.1) is 0 Å². The number of nitro groups is 1. The standard InChI is InChI=1S/C7H6N4O2/c1-9-7-5(3-8)2-6(4-10-7)11(12)13/h2,4H,1H3,(H,9,10). The van der Waals surface area contributed by atoms with Gasteiger partial charge in [-0.3, -0.25) is 10.1 Å². The van der Waals surface area contributed by atoms with E-state index >= 15 is 0 Å². The van der Waals surface area contributed by atoms with E-state index in [9.17, 15) is 10.1 Å². The molecule has 0 saturated heterocycles. The molecule has 0 saturated carbocycles. The highest BCUT2D eigenvalue weighted by molar-refractivity contribution is 5.55. The van der Waals surface area contributed by atoms with Crippen LogP contribution in [0.1, 0.15) is 5.56 Å². The third-order valence-corrected chi connectivity index (χ3v) is 1.44. The van der Waals surface area contributed by atoms with Crippen LogP contribution < -0.4 is 5.32 Å². The van der Waals surface area contributed by atoms with Crippen molar-refractivity contribution in [3.63, 3.8) is 0 Å². The number of anilines is 1. The molecule has 1 aromatic rings. The molecule has 1 heterocycles. The largest absolute Gasteiger partial charge is 0.372 e. The molecule has 6 nitrogen and oxygen atoms in total. The van der Waals surface area contributed by atoms with Crippen molar-refractivity contribution in [3.05, 3.63) is 27.9 Å². The van der Waals surface area contributed by atoms with Crippen molar-refractivity contribution in [3.8, 4) is 6.07 Å². The number of pyridine rings is 1. The molecule has 0 aromatic carbocycles. The monoisotopic (exact) mass is 178 g/mol. The van der Waals surface area contributed by atoms with Gasteiger partial charge < -0.3 is 5.32 Å². The molecule has 0 spiro atoms. The van der Waals surface area contributed by atoms with E-state index in [1.165, 1.54) is 6.07 Å². The maximum absolute atomic E-state index is 10.3. The molecule has 1 N–H and O–H groups in total. The number of aromatic nitrogens is 1. The number of rotatable bonds is 2. The van der Waals surface area contributed by atoms with Gasteiger partial charge >= 0.3 is 0 Å². The maximum atomic E-state index is 10.3. The summed E-state index contributed by atoms with van der Waals surface area (Å²) in [6.07, 6.45) is 1.10. The minimum atomic E-state index is -0.590. The third-order valence-electron chi connectivity index (χ3n) is 1.44. The van der Waals surface area contributed by atoms with Gasteiger partial charge in [0.05, 0.1) is 4.92 Å². The molecule has 0 bridgehead atoms. The Morgan fingerprint density at radius 2 is 2.46 bits per heavy atom. The Balaban J connectivity index is 3.23. The summed E-state index contributed by atoms with van der Waals surface area (Å²) in [5.41, 5.74) is -0.0211.